The van der Waals surface area contributed by atoms with Crippen LogP contribution >= 0.6 is 0 Å². The minimum Gasteiger partial charge on any atom is -0.497 e. The van der Waals surface area contributed by atoms with Crippen LogP contribution in [0, 0.1) is 5.92 Å². The largest absolute Gasteiger partial charge is 0.497 e. The Balaban J connectivity index is 1.61. The van der Waals surface area contributed by atoms with Crippen LogP contribution in [-0.4, -0.2) is 59.4 Å². The number of carbonyl (C=O) groups is 3. The molecule has 2 aromatic rings. The van der Waals surface area contributed by atoms with E-state index in [0.29, 0.717) is 34.4 Å². The van der Waals surface area contributed by atoms with Gasteiger partial charge in [-0.1, -0.05) is 0 Å². The summed E-state index contributed by atoms with van der Waals surface area (Å²) in [5.74, 6) is -0.174. The Labute approximate surface area is 191 Å². The molecule has 10 heteroatoms. The molecule has 3 rings (SSSR count). The molecule has 2 aromatic carbocycles. The molecule has 1 N–H and O–H groups in total. The van der Waals surface area contributed by atoms with Gasteiger partial charge in [0.2, 0.25) is 5.91 Å². The predicted molar refractivity (Wildman–Crippen MR) is 119 cm³/mol. The molecule has 1 fully saturated rings. The maximum Gasteiger partial charge on any atom is 0.311 e. The normalized spacial score (nSPS) is 15.1. The molecule has 0 aromatic heterocycles. The third-order valence-corrected chi connectivity index (χ3v) is 5.16. The first-order valence-electron chi connectivity index (χ1n) is 10.1. The molecule has 33 heavy (non-hydrogen) atoms. The van der Waals surface area contributed by atoms with Gasteiger partial charge in [-0.25, -0.2) is 0 Å². The van der Waals surface area contributed by atoms with Crippen molar-refractivity contribution >= 4 is 29.2 Å². The number of rotatable bonds is 9. The fourth-order valence-corrected chi connectivity index (χ4v) is 3.46. The molecular formula is C23H26N2O8. The van der Waals surface area contributed by atoms with Crippen LogP contribution in [-0.2, 0) is 19.1 Å². The smallest absolute Gasteiger partial charge is 0.311 e. The SMILES string of the molecule is COc1ccc(OC)c(NC(=O)COC(=O)[C@@H]2CC(=O)N(c3cc(OC)ccc3OC)C2)c1. The summed E-state index contributed by atoms with van der Waals surface area (Å²) in [6.07, 6.45) is -0.0372. The summed E-state index contributed by atoms with van der Waals surface area (Å²) >= 11 is 0. The van der Waals surface area contributed by atoms with Crippen molar-refractivity contribution in [3.63, 3.8) is 0 Å². The van der Waals surface area contributed by atoms with Crippen molar-refractivity contribution in [3.05, 3.63) is 36.4 Å². The number of nitrogens with zero attached hydrogens (tertiary/aromatic N) is 1. The van der Waals surface area contributed by atoms with Crippen LogP contribution in [0.3, 0.4) is 0 Å². The number of nitrogens with one attached hydrogen (secondary N) is 1. The highest BCUT2D eigenvalue weighted by molar-refractivity contribution is 6.01. The number of ether oxygens (including phenoxy) is 5. The molecule has 2 amide bonds. The van der Waals surface area contributed by atoms with Crippen LogP contribution in [0.1, 0.15) is 6.42 Å². The summed E-state index contributed by atoms with van der Waals surface area (Å²) < 4.78 is 26.1. The highest BCUT2D eigenvalue weighted by Gasteiger charge is 2.37. The van der Waals surface area contributed by atoms with Crippen molar-refractivity contribution in [1.82, 2.24) is 0 Å². The van der Waals surface area contributed by atoms with E-state index in [4.69, 9.17) is 23.7 Å². The lowest BCUT2D eigenvalue weighted by molar-refractivity contribution is -0.151. The van der Waals surface area contributed by atoms with Crippen molar-refractivity contribution in [3.8, 4) is 23.0 Å². The van der Waals surface area contributed by atoms with Gasteiger partial charge in [-0.2, -0.15) is 0 Å². The maximum atomic E-state index is 12.6. The second-order valence-corrected chi connectivity index (χ2v) is 7.17. The lowest BCUT2D eigenvalue weighted by atomic mass is 10.1. The highest BCUT2D eigenvalue weighted by Crippen LogP contribution is 2.36. The first-order chi connectivity index (χ1) is 15.9. The van der Waals surface area contributed by atoms with Crippen molar-refractivity contribution in [2.45, 2.75) is 6.42 Å². The number of benzene rings is 2. The van der Waals surface area contributed by atoms with E-state index in [2.05, 4.69) is 5.32 Å². The highest BCUT2D eigenvalue weighted by atomic mass is 16.5. The molecule has 0 radical (unpaired) electrons. The average molecular weight is 458 g/mol. The Morgan fingerprint density at radius 3 is 2.21 bits per heavy atom. The van der Waals surface area contributed by atoms with Crippen molar-refractivity contribution in [2.24, 2.45) is 5.92 Å². The number of methoxy groups -OCH3 is 4. The van der Waals surface area contributed by atoms with E-state index in [9.17, 15) is 14.4 Å². The molecular weight excluding hydrogens is 432 g/mol. The van der Waals surface area contributed by atoms with E-state index in [1.54, 1.807) is 36.4 Å². The van der Waals surface area contributed by atoms with Crippen molar-refractivity contribution < 1.29 is 38.1 Å². The van der Waals surface area contributed by atoms with Gasteiger partial charge in [0, 0.05) is 25.1 Å². The van der Waals surface area contributed by atoms with Gasteiger partial charge in [0.1, 0.15) is 23.0 Å². The second-order valence-electron chi connectivity index (χ2n) is 7.17. The zero-order valence-electron chi connectivity index (χ0n) is 18.9. The Morgan fingerprint density at radius 1 is 0.939 bits per heavy atom. The predicted octanol–water partition coefficient (Wildman–Crippen LogP) is 2.26. The lowest BCUT2D eigenvalue weighted by Gasteiger charge is -2.20. The first-order valence-corrected chi connectivity index (χ1v) is 10.1. The zero-order valence-corrected chi connectivity index (χ0v) is 18.9. The number of amides is 2. The Bertz CT molecular complexity index is 1040. The van der Waals surface area contributed by atoms with E-state index in [1.807, 2.05) is 0 Å². The van der Waals surface area contributed by atoms with Crippen LogP contribution in [0.15, 0.2) is 36.4 Å². The summed E-state index contributed by atoms with van der Waals surface area (Å²) in [5.41, 5.74) is 0.880. The molecule has 0 spiro atoms. The first kappa shape index (κ1) is 23.7. The lowest BCUT2D eigenvalue weighted by Crippen LogP contribution is -2.28. The van der Waals surface area contributed by atoms with Crippen molar-refractivity contribution in [2.75, 3.05) is 51.8 Å². The van der Waals surface area contributed by atoms with Crippen LogP contribution < -0.4 is 29.2 Å². The summed E-state index contributed by atoms with van der Waals surface area (Å²) in [5, 5.41) is 2.62. The van der Waals surface area contributed by atoms with Gasteiger partial charge in [-0.3, -0.25) is 14.4 Å². The Kier molecular flexibility index (Phi) is 7.60. The standard InChI is InChI=1S/C23H26N2O8/c1-29-15-5-7-19(31-3)17(10-15)24-21(26)13-33-23(28)14-9-22(27)25(12-14)18-11-16(30-2)6-8-20(18)32-4/h5-8,10-11,14H,9,12-13H2,1-4H3,(H,24,26)/t14-/m1/s1. The summed E-state index contributed by atoms with van der Waals surface area (Å²) in [6, 6.07) is 9.99. The zero-order chi connectivity index (χ0) is 24.0. The molecule has 1 atom stereocenters. The van der Waals surface area contributed by atoms with Gasteiger partial charge in [0.05, 0.1) is 45.7 Å². The monoisotopic (exact) mass is 458 g/mol. The van der Waals surface area contributed by atoms with Gasteiger partial charge < -0.3 is 33.9 Å². The van der Waals surface area contributed by atoms with Gasteiger partial charge in [-0.05, 0) is 24.3 Å². The molecule has 0 saturated carbocycles. The second kappa shape index (κ2) is 10.6. The summed E-state index contributed by atoms with van der Waals surface area (Å²) in [7, 11) is 5.98. The summed E-state index contributed by atoms with van der Waals surface area (Å²) in [4.78, 5) is 38.9. The number of anilines is 2. The van der Waals surface area contributed by atoms with Gasteiger partial charge in [0.15, 0.2) is 6.61 Å². The van der Waals surface area contributed by atoms with E-state index in [1.165, 1.54) is 33.3 Å². The van der Waals surface area contributed by atoms with Crippen LogP contribution in [0.2, 0.25) is 0 Å². The fourth-order valence-electron chi connectivity index (χ4n) is 3.46. The third-order valence-electron chi connectivity index (χ3n) is 5.16. The Hall–Kier alpha value is -3.95. The van der Waals surface area contributed by atoms with Gasteiger partial charge in [-0.15, -0.1) is 0 Å². The third kappa shape index (κ3) is 5.46. The van der Waals surface area contributed by atoms with E-state index < -0.39 is 24.4 Å². The fraction of sp³-hybridized carbons (Fsp3) is 0.348. The van der Waals surface area contributed by atoms with E-state index in [-0.39, 0.29) is 18.9 Å². The van der Waals surface area contributed by atoms with Gasteiger partial charge >= 0.3 is 5.97 Å². The average Bonchev–Trinajstić information content (AvgIpc) is 3.23. The molecule has 1 saturated heterocycles. The molecule has 1 aliphatic rings. The molecule has 0 unspecified atom stereocenters. The molecule has 0 aliphatic carbocycles. The van der Waals surface area contributed by atoms with Crippen LogP contribution in [0.5, 0.6) is 23.0 Å². The number of esters is 1. The quantitative estimate of drug-likeness (QED) is 0.570. The van der Waals surface area contributed by atoms with Gasteiger partial charge in [0.25, 0.3) is 5.91 Å². The minimum absolute atomic E-state index is 0.0372. The van der Waals surface area contributed by atoms with Crippen molar-refractivity contribution in [1.29, 1.82) is 0 Å². The Morgan fingerprint density at radius 2 is 1.58 bits per heavy atom. The van der Waals surface area contributed by atoms with E-state index in [0.717, 1.165) is 0 Å². The number of carbonyl (C=O) groups excluding carboxylic acids is 3. The van der Waals surface area contributed by atoms with Crippen LogP contribution in [0.25, 0.3) is 0 Å². The number of hydrogen-bond acceptors (Lipinski definition) is 8. The van der Waals surface area contributed by atoms with Crippen LogP contribution in [0.4, 0.5) is 11.4 Å². The topological polar surface area (TPSA) is 113 Å². The van der Waals surface area contributed by atoms with E-state index >= 15 is 0 Å². The minimum atomic E-state index is -0.715. The molecule has 0 bridgehead atoms. The maximum absolute atomic E-state index is 12.6. The molecule has 10 nitrogen and oxygen atoms in total. The molecule has 1 aliphatic heterocycles. The molecule has 176 valence electrons. The molecule has 1 heterocycles. The summed E-state index contributed by atoms with van der Waals surface area (Å²) in [6.45, 7) is -0.404. The number of hydrogen-bond donors (Lipinski definition) is 1.